The number of allylic oxidation sites excluding steroid dienone is 2. The van der Waals surface area contributed by atoms with Crippen LogP contribution in [0.2, 0.25) is 0 Å². The van der Waals surface area contributed by atoms with Crippen LogP contribution >= 0.6 is 24.0 Å². The van der Waals surface area contributed by atoms with Crippen molar-refractivity contribution >= 4 is 34.6 Å². The molecule has 0 bridgehead atoms. The van der Waals surface area contributed by atoms with Gasteiger partial charge in [0.2, 0.25) is 0 Å². The van der Waals surface area contributed by atoms with Crippen molar-refractivity contribution in [3.63, 3.8) is 0 Å². The molecule has 0 N–H and O–H groups in total. The Balaban J connectivity index is 1.59. The molecule has 188 valence electrons. The Kier molecular flexibility index (Phi) is 12.1. The zero-order valence-electron chi connectivity index (χ0n) is 21.6. The Bertz CT molecular complexity index is 945. The van der Waals surface area contributed by atoms with Crippen molar-refractivity contribution in [2.24, 2.45) is 0 Å². The van der Waals surface area contributed by atoms with Crippen LogP contribution in [-0.4, -0.2) is 15.7 Å². The Morgan fingerprint density at radius 3 is 2.23 bits per heavy atom. The van der Waals surface area contributed by atoms with Gasteiger partial charge in [-0.25, -0.2) is 0 Å². The molecule has 2 aromatic rings. The molecule has 0 radical (unpaired) electrons. The number of thiocarbonyl (C=S) groups is 1. The highest BCUT2D eigenvalue weighted by molar-refractivity contribution is 8.00. The molecule has 3 heteroatoms. The minimum atomic E-state index is -0.430. The topological polar surface area (TPSA) is 9.23 Å². The Morgan fingerprint density at radius 2 is 1.54 bits per heavy atom. The van der Waals surface area contributed by atoms with Gasteiger partial charge in [-0.2, -0.15) is 0 Å². The van der Waals surface area contributed by atoms with Gasteiger partial charge in [0.05, 0.1) is 0 Å². The molecule has 1 nitrogen and oxygen atoms in total. The van der Waals surface area contributed by atoms with Gasteiger partial charge in [0, 0.05) is 12.0 Å². The lowest BCUT2D eigenvalue weighted by atomic mass is 9.98. The third-order valence-corrected chi connectivity index (χ3v) is 8.29. The van der Waals surface area contributed by atoms with Crippen molar-refractivity contribution in [2.45, 2.75) is 89.4 Å². The highest BCUT2D eigenvalue weighted by atomic mass is 32.2. The molecule has 0 amide bonds. The van der Waals surface area contributed by atoms with Gasteiger partial charge in [-0.05, 0) is 60.0 Å². The third-order valence-electron chi connectivity index (χ3n) is 6.60. The summed E-state index contributed by atoms with van der Waals surface area (Å²) in [6.07, 6.45) is 20.4. The molecule has 1 unspecified atom stereocenters. The monoisotopic (exact) mass is 506 g/mol. The van der Waals surface area contributed by atoms with E-state index in [1.54, 1.807) is 0 Å². The fourth-order valence-corrected chi connectivity index (χ4v) is 5.93. The minimum absolute atomic E-state index is 0.430. The van der Waals surface area contributed by atoms with E-state index in [0.29, 0.717) is 5.05 Å². The summed E-state index contributed by atoms with van der Waals surface area (Å²) >= 11 is 7.68. The van der Waals surface area contributed by atoms with Gasteiger partial charge in [-0.15, -0.1) is 11.8 Å². The van der Waals surface area contributed by atoms with Crippen LogP contribution in [0, 0.1) is 0 Å². The maximum Gasteiger partial charge on any atom is 0.193 e. The van der Waals surface area contributed by atoms with Crippen LogP contribution in [0.3, 0.4) is 0 Å². The predicted molar refractivity (Wildman–Crippen MR) is 159 cm³/mol. The number of unbranched alkanes of at least 4 members (excludes halogenated alkanes) is 7. The fraction of sp³-hybridized carbons (Fsp3) is 0.469. The van der Waals surface area contributed by atoms with Gasteiger partial charge in [0.1, 0.15) is 0 Å². The first-order valence-corrected chi connectivity index (χ1v) is 15.0. The average molecular weight is 507 g/mol. The van der Waals surface area contributed by atoms with Crippen LogP contribution in [0.4, 0.5) is 0 Å². The Labute approximate surface area is 223 Å². The number of hydrogen-bond acceptors (Lipinski definition) is 3. The normalized spacial score (nSPS) is 17.3. The maximum atomic E-state index is 6.57. The largest absolute Gasteiger partial charge is 0.461 e. The minimum Gasteiger partial charge on any atom is -0.461 e. The summed E-state index contributed by atoms with van der Waals surface area (Å²) in [5.41, 5.74) is 4.90. The first-order valence-electron chi connectivity index (χ1n) is 13.6. The quantitative estimate of drug-likeness (QED) is 0.135. The van der Waals surface area contributed by atoms with E-state index < -0.39 is 4.93 Å². The summed E-state index contributed by atoms with van der Waals surface area (Å²) in [4.78, 5) is -0.430. The van der Waals surface area contributed by atoms with Crippen LogP contribution in [0.25, 0.3) is 5.57 Å². The molecule has 1 atom stereocenters. The van der Waals surface area contributed by atoms with Crippen LogP contribution in [0.5, 0.6) is 0 Å². The summed E-state index contributed by atoms with van der Waals surface area (Å²) in [5, 5.41) is 0.598. The van der Waals surface area contributed by atoms with E-state index >= 15 is 0 Å². The zero-order chi connectivity index (χ0) is 24.8. The van der Waals surface area contributed by atoms with Crippen LogP contribution < -0.4 is 0 Å². The van der Waals surface area contributed by atoms with E-state index in [1.807, 2.05) is 11.8 Å². The highest BCUT2D eigenvalue weighted by Gasteiger charge is 2.32. The van der Waals surface area contributed by atoms with Gasteiger partial charge in [-0.1, -0.05) is 126 Å². The summed E-state index contributed by atoms with van der Waals surface area (Å²) in [7, 11) is 0. The molecule has 1 aliphatic rings. The van der Waals surface area contributed by atoms with Crippen LogP contribution in [0.15, 0.2) is 72.8 Å². The predicted octanol–water partition coefficient (Wildman–Crippen LogP) is 9.94. The van der Waals surface area contributed by atoms with E-state index in [1.165, 1.54) is 74.5 Å². The van der Waals surface area contributed by atoms with Gasteiger partial charge >= 0.3 is 0 Å². The fourth-order valence-electron chi connectivity index (χ4n) is 4.39. The second-order valence-corrected chi connectivity index (χ2v) is 11.3. The molecule has 2 aromatic carbocycles. The first kappa shape index (κ1) is 27.7. The lowest BCUT2D eigenvalue weighted by Crippen LogP contribution is -2.30. The summed E-state index contributed by atoms with van der Waals surface area (Å²) < 4.78 is 6.57. The van der Waals surface area contributed by atoms with E-state index in [2.05, 4.69) is 86.7 Å². The molecule has 0 heterocycles. The lowest BCUT2D eigenvalue weighted by molar-refractivity contribution is 0.211. The molecule has 0 spiro atoms. The van der Waals surface area contributed by atoms with E-state index in [-0.39, 0.29) is 0 Å². The van der Waals surface area contributed by atoms with Crippen molar-refractivity contribution in [1.29, 1.82) is 0 Å². The molecule has 0 aromatic heterocycles. The van der Waals surface area contributed by atoms with E-state index in [4.69, 9.17) is 17.0 Å². The second-order valence-electron chi connectivity index (χ2n) is 9.53. The van der Waals surface area contributed by atoms with Crippen LogP contribution in [-0.2, 0) is 11.2 Å². The SMILES string of the molecule is CCCCCCCCc1ccc(C(=S)OC2(SCCCCC)C=CC(c3ccccc3)=CC2)cc1. The molecule has 0 saturated heterocycles. The van der Waals surface area contributed by atoms with Crippen molar-refractivity contribution in [3.05, 3.63) is 89.5 Å². The highest BCUT2D eigenvalue weighted by Crippen LogP contribution is 2.39. The summed E-state index contributed by atoms with van der Waals surface area (Å²) in [6.45, 7) is 4.52. The summed E-state index contributed by atoms with van der Waals surface area (Å²) in [6, 6.07) is 19.3. The van der Waals surface area contributed by atoms with Gasteiger partial charge in [-0.3, -0.25) is 0 Å². The number of ether oxygens (including phenoxy) is 1. The molecule has 0 fully saturated rings. The molecule has 35 heavy (non-hydrogen) atoms. The maximum absolute atomic E-state index is 6.57. The molecule has 3 rings (SSSR count). The van der Waals surface area contributed by atoms with Crippen molar-refractivity contribution in [2.75, 3.05) is 5.75 Å². The third kappa shape index (κ3) is 9.28. The van der Waals surface area contributed by atoms with Crippen molar-refractivity contribution in [3.8, 4) is 0 Å². The summed E-state index contributed by atoms with van der Waals surface area (Å²) in [5.74, 6) is 1.08. The standard InChI is InChI=1S/C32H42OS2/c1-3-5-7-8-9-11-15-27-18-20-30(21-19-27)31(34)33-32(35-26-14-6-4-2)24-22-29(23-25-32)28-16-12-10-13-17-28/h10,12-13,16-24H,3-9,11,14-15,25-26H2,1-2H3. The Hall–Kier alpha value is -1.84. The molecule has 0 saturated carbocycles. The van der Waals surface area contributed by atoms with Gasteiger partial charge < -0.3 is 4.74 Å². The molecule has 1 aliphatic carbocycles. The molecular weight excluding hydrogens is 464 g/mol. The number of aryl methyl sites for hydroxylation is 1. The van der Waals surface area contributed by atoms with Gasteiger partial charge in [0.25, 0.3) is 0 Å². The molecule has 0 aliphatic heterocycles. The van der Waals surface area contributed by atoms with Crippen molar-refractivity contribution in [1.82, 2.24) is 0 Å². The first-order chi connectivity index (χ1) is 17.2. The number of benzene rings is 2. The second kappa shape index (κ2) is 15.3. The number of hydrogen-bond donors (Lipinski definition) is 0. The van der Waals surface area contributed by atoms with E-state index in [0.717, 1.165) is 24.2 Å². The van der Waals surface area contributed by atoms with Crippen molar-refractivity contribution < 1.29 is 4.74 Å². The number of rotatable bonds is 15. The Morgan fingerprint density at radius 1 is 0.857 bits per heavy atom. The zero-order valence-corrected chi connectivity index (χ0v) is 23.3. The molecular formula is C32H42OS2. The lowest BCUT2D eigenvalue weighted by Gasteiger charge is -2.33. The van der Waals surface area contributed by atoms with E-state index in [9.17, 15) is 0 Å². The number of thioether (sulfide) groups is 1. The van der Waals surface area contributed by atoms with Crippen LogP contribution in [0.1, 0.15) is 94.7 Å². The smallest absolute Gasteiger partial charge is 0.193 e. The van der Waals surface area contributed by atoms with Gasteiger partial charge in [0.15, 0.2) is 9.98 Å². The average Bonchev–Trinajstić information content (AvgIpc) is 2.90.